The van der Waals surface area contributed by atoms with Gasteiger partial charge in [0.05, 0.1) is 19.8 Å². The highest BCUT2D eigenvalue weighted by atomic mass is 16.7. The summed E-state index contributed by atoms with van der Waals surface area (Å²) in [7, 11) is 0. The molecule has 0 spiro atoms. The van der Waals surface area contributed by atoms with Gasteiger partial charge in [0.25, 0.3) is 0 Å². The molecule has 0 bridgehead atoms. The highest BCUT2D eigenvalue weighted by Gasteiger charge is 2.47. The van der Waals surface area contributed by atoms with E-state index in [1.807, 2.05) is 0 Å². The minimum Gasteiger partial charge on any atom is -0.462 e. The molecule has 4 unspecified atom stereocenters. The van der Waals surface area contributed by atoms with Crippen LogP contribution in [-0.2, 0) is 38.0 Å². The minimum absolute atomic E-state index is 0.169. The van der Waals surface area contributed by atoms with Gasteiger partial charge in [-0.3, -0.25) is 9.59 Å². The molecule has 0 amide bonds. The van der Waals surface area contributed by atoms with Crippen molar-refractivity contribution in [1.82, 2.24) is 0 Å². The molecule has 388 valence electrons. The van der Waals surface area contributed by atoms with Crippen molar-refractivity contribution in [3.63, 3.8) is 0 Å². The van der Waals surface area contributed by atoms with Crippen molar-refractivity contribution >= 4 is 11.9 Å². The molecule has 15 nitrogen and oxygen atoms in total. The number of aliphatic hydroxyl groups is 7. The number of unbranched alkanes of at least 4 members (excludes halogenated alkanes) is 25. The number of esters is 2. The zero-order chi connectivity index (χ0) is 48.2. The Labute approximate surface area is 397 Å². The van der Waals surface area contributed by atoms with Gasteiger partial charge in [-0.1, -0.05) is 167 Å². The van der Waals surface area contributed by atoms with Gasteiger partial charge in [0.1, 0.15) is 55.4 Å². The van der Waals surface area contributed by atoms with E-state index < -0.39 is 92.7 Å². The van der Waals surface area contributed by atoms with E-state index in [4.69, 9.17) is 28.4 Å². The number of aliphatic hydroxyl groups excluding tert-OH is 7. The summed E-state index contributed by atoms with van der Waals surface area (Å²) in [5, 5.41) is 72.1. The molecule has 0 aromatic rings. The van der Waals surface area contributed by atoms with E-state index in [-0.39, 0.29) is 26.1 Å². The van der Waals surface area contributed by atoms with Crippen LogP contribution in [0.25, 0.3) is 0 Å². The predicted octanol–water partition coefficient (Wildman–Crippen LogP) is 7.38. The summed E-state index contributed by atoms with van der Waals surface area (Å²) < 4.78 is 33.6. The number of ether oxygens (including phenoxy) is 6. The maximum Gasteiger partial charge on any atom is 0.306 e. The smallest absolute Gasteiger partial charge is 0.306 e. The van der Waals surface area contributed by atoms with Crippen molar-refractivity contribution in [3.8, 4) is 0 Å². The summed E-state index contributed by atoms with van der Waals surface area (Å²) in [5.74, 6) is -0.924. The summed E-state index contributed by atoms with van der Waals surface area (Å²) in [5.41, 5.74) is 0. The third-order valence-corrected chi connectivity index (χ3v) is 12.7. The molecular formula is C51H94O15. The third kappa shape index (κ3) is 26.8. The lowest BCUT2D eigenvalue weighted by Gasteiger charge is -2.42. The fraction of sp³-hybridized carbons (Fsp3) is 0.922. The van der Waals surface area contributed by atoms with E-state index in [0.717, 1.165) is 57.8 Å². The standard InChI is InChI=1S/C51H94O15/c1-3-5-7-9-11-13-15-17-19-21-23-25-27-29-31-33-42(53)61-36-39(64-43(54)34-32-30-28-26-24-22-20-18-16-14-12-10-8-6-4-2)37-62-50-49(60)47(58)45(56)41(66-50)38-63-51-48(59)46(57)44(55)40(35-52)65-51/h17,19,39-41,44-52,55-60H,3-16,18,20-38H2,1-2H3/b19-17+/t39-,40-,41-,44+,45+,46?,47?,48?,49?,50-,51-/m1/s1. The van der Waals surface area contributed by atoms with E-state index in [1.165, 1.54) is 109 Å². The van der Waals surface area contributed by atoms with Crippen LogP contribution in [0.1, 0.15) is 206 Å². The number of rotatable bonds is 41. The Hall–Kier alpha value is -1.76. The van der Waals surface area contributed by atoms with Crippen LogP contribution in [0.4, 0.5) is 0 Å². The monoisotopic (exact) mass is 947 g/mol. The first kappa shape index (κ1) is 60.4. The first-order chi connectivity index (χ1) is 32.0. The highest BCUT2D eigenvalue weighted by molar-refractivity contribution is 5.70. The fourth-order valence-corrected chi connectivity index (χ4v) is 8.39. The number of allylic oxidation sites excluding steroid dienone is 2. The topological polar surface area (TPSA) is 231 Å². The van der Waals surface area contributed by atoms with Gasteiger partial charge in [-0.2, -0.15) is 0 Å². The first-order valence-corrected chi connectivity index (χ1v) is 26.3. The maximum absolute atomic E-state index is 13.0. The van der Waals surface area contributed by atoms with Crippen LogP contribution < -0.4 is 0 Å². The Morgan fingerprint density at radius 1 is 0.470 bits per heavy atom. The Bertz CT molecular complexity index is 1210. The van der Waals surface area contributed by atoms with Crippen molar-refractivity contribution in [1.29, 1.82) is 0 Å². The van der Waals surface area contributed by atoms with Crippen LogP contribution in [0.2, 0.25) is 0 Å². The first-order valence-electron chi connectivity index (χ1n) is 26.3. The van der Waals surface area contributed by atoms with E-state index in [9.17, 15) is 45.3 Å². The van der Waals surface area contributed by atoms with Gasteiger partial charge in [0.2, 0.25) is 0 Å². The molecule has 2 rings (SSSR count). The Morgan fingerprint density at radius 3 is 1.33 bits per heavy atom. The summed E-state index contributed by atoms with van der Waals surface area (Å²) in [4.78, 5) is 25.8. The van der Waals surface area contributed by atoms with Crippen LogP contribution >= 0.6 is 0 Å². The summed E-state index contributed by atoms with van der Waals surface area (Å²) in [6, 6.07) is 0. The van der Waals surface area contributed by atoms with E-state index in [0.29, 0.717) is 12.8 Å². The zero-order valence-corrected chi connectivity index (χ0v) is 40.9. The normalized spacial score (nSPS) is 26.2. The highest BCUT2D eigenvalue weighted by Crippen LogP contribution is 2.26. The van der Waals surface area contributed by atoms with Crippen molar-refractivity contribution in [2.45, 2.75) is 274 Å². The van der Waals surface area contributed by atoms with Gasteiger partial charge in [-0.15, -0.1) is 0 Å². The second kappa shape index (κ2) is 39.0. The van der Waals surface area contributed by atoms with Gasteiger partial charge < -0.3 is 64.2 Å². The molecule has 66 heavy (non-hydrogen) atoms. The van der Waals surface area contributed by atoms with Crippen molar-refractivity contribution < 1.29 is 73.8 Å². The van der Waals surface area contributed by atoms with Gasteiger partial charge in [-0.05, 0) is 38.5 Å². The lowest BCUT2D eigenvalue weighted by molar-refractivity contribution is -0.332. The average Bonchev–Trinajstić information content (AvgIpc) is 3.31. The number of carbonyl (C=O) groups excluding carboxylic acids is 2. The maximum atomic E-state index is 13.0. The van der Waals surface area contributed by atoms with E-state index in [2.05, 4.69) is 26.0 Å². The van der Waals surface area contributed by atoms with Gasteiger partial charge in [0.15, 0.2) is 18.7 Å². The number of carbonyl (C=O) groups is 2. The van der Waals surface area contributed by atoms with Crippen molar-refractivity contribution in [3.05, 3.63) is 12.2 Å². The molecule has 2 saturated heterocycles. The van der Waals surface area contributed by atoms with Crippen LogP contribution in [0.3, 0.4) is 0 Å². The van der Waals surface area contributed by atoms with Gasteiger partial charge >= 0.3 is 11.9 Å². The second-order valence-corrected chi connectivity index (χ2v) is 18.7. The molecule has 2 fully saturated rings. The molecule has 2 aliphatic heterocycles. The van der Waals surface area contributed by atoms with Gasteiger partial charge in [0, 0.05) is 12.8 Å². The van der Waals surface area contributed by atoms with Crippen molar-refractivity contribution in [2.24, 2.45) is 0 Å². The molecule has 0 radical (unpaired) electrons. The molecule has 0 aromatic heterocycles. The molecule has 11 atom stereocenters. The second-order valence-electron chi connectivity index (χ2n) is 18.7. The molecule has 2 heterocycles. The van der Waals surface area contributed by atoms with Crippen molar-refractivity contribution in [2.75, 3.05) is 26.4 Å². The quantitative estimate of drug-likeness (QED) is 0.0180. The minimum atomic E-state index is -1.76. The number of hydrogen-bond acceptors (Lipinski definition) is 15. The molecule has 15 heteroatoms. The lowest BCUT2D eigenvalue weighted by atomic mass is 9.98. The third-order valence-electron chi connectivity index (χ3n) is 12.7. The number of hydrogen-bond donors (Lipinski definition) is 7. The molecule has 2 aliphatic rings. The lowest BCUT2D eigenvalue weighted by Crippen LogP contribution is -2.61. The molecule has 0 aliphatic carbocycles. The molecule has 0 aromatic carbocycles. The van der Waals surface area contributed by atoms with Crippen LogP contribution in [0.15, 0.2) is 12.2 Å². The summed E-state index contributed by atoms with van der Waals surface area (Å²) >= 11 is 0. The molecular weight excluding hydrogens is 853 g/mol. The van der Waals surface area contributed by atoms with Crippen LogP contribution in [0, 0.1) is 0 Å². The summed E-state index contributed by atoms with van der Waals surface area (Å²) in [6.07, 6.45) is 20.9. The SMILES string of the molecule is CCCCCCCC/C=C/CCCCCCCC(=O)OC[C@H](CO[C@@H]1O[C@H](CO[C@@H]2O[C@H](CO)[C@H](O)C(O)C2O)[C@H](O)C(O)C1O)OC(=O)CCCCCCCCCCCCCCCCC. The average molecular weight is 947 g/mol. The van der Waals surface area contributed by atoms with E-state index >= 15 is 0 Å². The summed E-state index contributed by atoms with van der Waals surface area (Å²) in [6.45, 7) is 2.60. The molecule has 7 N–H and O–H groups in total. The predicted molar refractivity (Wildman–Crippen MR) is 252 cm³/mol. The largest absolute Gasteiger partial charge is 0.462 e. The van der Waals surface area contributed by atoms with Gasteiger partial charge in [-0.25, -0.2) is 0 Å². The Morgan fingerprint density at radius 2 is 0.864 bits per heavy atom. The van der Waals surface area contributed by atoms with Crippen LogP contribution in [0.5, 0.6) is 0 Å². The Kier molecular flexibility index (Phi) is 35.7. The van der Waals surface area contributed by atoms with E-state index in [1.54, 1.807) is 0 Å². The zero-order valence-electron chi connectivity index (χ0n) is 40.9. The van der Waals surface area contributed by atoms with Crippen LogP contribution in [-0.4, -0.2) is 142 Å². The fourth-order valence-electron chi connectivity index (χ4n) is 8.39. The molecule has 0 saturated carbocycles. The Balaban J connectivity index is 1.80.